The van der Waals surface area contributed by atoms with E-state index in [1.807, 2.05) is 67.6 Å². The summed E-state index contributed by atoms with van der Waals surface area (Å²) in [7, 11) is -3.68. The number of hydrogen-bond donors (Lipinski definition) is 1. The molecule has 0 saturated carbocycles. The maximum Gasteiger partial charge on any atom is 0.244 e. The minimum absolute atomic E-state index is 0.168. The van der Waals surface area contributed by atoms with Crippen LogP contribution in [0, 0.1) is 0 Å². The monoisotopic (exact) mass is 341 g/mol. The SMILES string of the molecule is CCn1cc(S(=O)(=O)NC(c2ccccc2)c2ccccc2)cn1. The third kappa shape index (κ3) is 3.55. The molecule has 0 amide bonds. The van der Waals surface area contributed by atoms with Gasteiger partial charge in [-0.1, -0.05) is 60.7 Å². The van der Waals surface area contributed by atoms with Gasteiger partial charge in [0.05, 0.1) is 12.2 Å². The molecule has 0 radical (unpaired) electrons. The molecule has 2 aromatic carbocycles. The van der Waals surface area contributed by atoms with Crippen molar-refractivity contribution in [2.45, 2.75) is 24.4 Å². The fourth-order valence-electron chi connectivity index (χ4n) is 2.50. The number of aryl methyl sites for hydroxylation is 1. The Labute approximate surface area is 142 Å². The van der Waals surface area contributed by atoms with Crippen LogP contribution in [0.1, 0.15) is 24.1 Å². The molecule has 0 aliphatic carbocycles. The van der Waals surface area contributed by atoms with Crippen LogP contribution in [0.2, 0.25) is 0 Å². The van der Waals surface area contributed by atoms with Gasteiger partial charge in [-0.25, -0.2) is 8.42 Å². The lowest BCUT2D eigenvalue weighted by atomic mass is 10.00. The van der Waals surface area contributed by atoms with Gasteiger partial charge in [0.1, 0.15) is 4.90 Å². The molecule has 0 saturated heterocycles. The van der Waals surface area contributed by atoms with E-state index in [1.165, 1.54) is 12.4 Å². The summed E-state index contributed by atoms with van der Waals surface area (Å²) in [5, 5.41) is 4.05. The van der Waals surface area contributed by atoms with Crippen LogP contribution in [0.3, 0.4) is 0 Å². The molecule has 0 spiro atoms. The summed E-state index contributed by atoms with van der Waals surface area (Å²) in [6.07, 6.45) is 2.91. The van der Waals surface area contributed by atoms with Crippen molar-refractivity contribution in [1.29, 1.82) is 0 Å². The Morgan fingerprint density at radius 2 is 1.54 bits per heavy atom. The van der Waals surface area contributed by atoms with Crippen molar-refractivity contribution in [2.24, 2.45) is 0 Å². The molecule has 1 heterocycles. The van der Waals surface area contributed by atoms with Crippen LogP contribution in [0.4, 0.5) is 0 Å². The van der Waals surface area contributed by atoms with E-state index in [9.17, 15) is 8.42 Å². The van der Waals surface area contributed by atoms with Gasteiger partial charge in [0.25, 0.3) is 0 Å². The second-order valence-electron chi connectivity index (χ2n) is 5.41. The molecular weight excluding hydrogens is 322 g/mol. The minimum atomic E-state index is -3.68. The summed E-state index contributed by atoms with van der Waals surface area (Å²) in [6.45, 7) is 2.53. The van der Waals surface area contributed by atoms with Crippen LogP contribution in [-0.2, 0) is 16.6 Å². The van der Waals surface area contributed by atoms with Crippen LogP contribution in [-0.4, -0.2) is 18.2 Å². The molecule has 0 bridgehead atoms. The number of aromatic nitrogens is 2. The highest BCUT2D eigenvalue weighted by atomic mass is 32.2. The van der Waals surface area contributed by atoms with Crippen LogP contribution >= 0.6 is 0 Å². The van der Waals surface area contributed by atoms with Gasteiger partial charge in [-0.2, -0.15) is 9.82 Å². The number of benzene rings is 2. The van der Waals surface area contributed by atoms with Crippen LogP contribution in [0.15, 0.2) is 78.0 Å². The Hall–Kier alpha value is -2.44. The van der Waals surface area contributed by atoms with Gasteiger partial charge in [0, 0.05) is 12.7 Å². The Balaban J connectivity index is 1.98. The Bertz CT molecular complexity index is 851. The molecule has 0 fully saturated rings. The molecule has 0 unspecified atom stereocenters. The van der Waals surface area contributed by atoms with Gasteiger partial charge < -0.3 is 0 Å². The normalized spacial score (nSPS) is 11.8. The fraction of sp³-hybridized carbons (Fsp3) is 0.167. The minimum Gasteiger partial charge on any atom is -0.272 e. The molecule has 3 aromatic rings. The van der Waals surface area contributed by atoms with Crippen molar-refractivity contribution in [3.8, 4) is 0 Å². The summed E-state index contributed by atoms with van der Waals surface area (Å²) >= 11 is 0. The quantitative estimate of drug-likeness (QED) is 0.750. The second-order valence-corrected chi connectivity index (χ2v) is 7.12. The first-order valence-corrected chi connectivity index (χ1v) is 9.23. The van der Waals surface area contributed by atoms with Gasteiger partial charge in [-0.15, -0.1) is 0 Å². The second kappa shape index (κ2) is 6.98. The van der Waals surface area contributed by atoms with Crippen molar-refractivity contribution in [3.05, 3.63) is 84.2 Å². The van der Waals surface area contributed by atoms with Crippen molar-refractivity contribution in [3.63, 3.8) is 0 Å². The zero-order valence-electron chi connectivity index (χ0n) is 13.3. The number of nitrogens with zero attached hydrogens (tertiary/aromatic N) is 2. The highest BCUT2D eigenvalue weighted by Gasteiger charge is 2.23. The maximum absolute atomic E-state index is 12.8. The lowest BCUT2D eigenvalue weighted by molar-refractivity contribution is 0.571. The summed E-state index contributed by atoms with van der Waals surface area (Å²) in [5.41, 5.74) is 1.77. The third-order valence-corrected chi connectivity index (χ3v) is 5.16. The van der Waals surface area contributed by atoms with Gasteiger partial charge in [0.2, 0.25) is 10.0 Å². The highest BCUT2D eigenvalue weighted by Crippen LogP contribution is 2.24. The van der Waals surface area contributed by atoms with Crippen molar-refractivity contribution in [2.75, 3.05) is 0 Å². The predicted octanol–water partition coefficient (Wildman–Crippen LogP) is 2.97. The average molecular weight is 341 g/mol. The standard InChI is InChI=1S/C18H19N3O2S/c1-2-21-14-17(13-19-21)24(22,23)20-18(15-9-5-3-6-10-15)16-11-7-4-8-12-16/h3-14,18,20H,2H2,1H3. The van der Waals surface area contributed by atoms with Gasteiger partial charge >= 0.3 is 0 Å². The maximum atomic E-state index is 12.8. The summed E-state index contributed by atoms with van der Waals surface area (Å²) in [6, 6.07) is 18.6. The predicted molar refractivity (Wildman–Crippen MR) is 92.9 cm³/mol. The molecule has 124 valence electrons. The van der Waals surface area contributed by atoms with E-state index in [0.29, 0.717) is 6.54 Å². The molecule has 6 heteroatoms. The topological polar surface area (TPSA) is 64.0 Å². The lowest BCUT2D eigenvalue weighted by Crippen LogP contribution is -2.29. The fourth-order valence-corrected chi connectivity index (χ4v) is 3.66. The number of hydrogen-bond acceptors (Lipinski definition) is 3. The molecule has 0 aliphatic heterocycles. The number of sulfonamides is 1. The summed E-state index contributed by atoms with van der Waals surface area (Å²) < 4.78 is 29.9. The third-order valence-electron chi connectivity index (χ3n) is 3.78. The summed E-state index contributed by atoms with van der Waals surface area (Å²) in [4.78, 5) is 0.168. The van der Waals surface area contributed by atoms with Crippen LogP contribution in [0.5, 0.6) is 0 Å². The molecule has 24 heavy (non-hydrogen) atoms. The zero-order chi connectivity index (χ0) is 17.0. The molecule has 0 aliphatic rings. The molecule has 1 N–H and O–H groups in total. The largest absolute Gasteiger partial charge is 0.272 e. The van der Waals surface area contributed by atoms with Crippen molar-refractivity contribution >= 4 is 10.0 Å². The molecular formula is C18H19N3O2S. The molecule has 0 atom stereocenters. The van der Waals surface area contributed by atoms with E-state index < -0.39 is 16.1 Å². The van der Waals surface area contributed by atoms with Crippen molar-refractivity contribution < 1.29 is 8.42 Å². The van der Waals surface area contributed by atoms with E-state index in [1.54, 1.807) is 4.68 Å². The van der Waals surface area contributed by atoms with Crippen molar-refractivity contribution in [1.82, 2.24) is 14.5 Å². The Morgan fingerprint density at radius 1 is 1.00 bits per heavy atom. The van der Waals surface area contributed by atoms with Gasteiger partial charge in [0.15, 0.2) is 0 Å². The number of rotatable bonds is 6. The Kier molecular flexibility index (Phi) is 4.78. The van der Waals surface area contributed by atoms with E-state index in [0.717, 1.165) is 11.1 Å². The zero-order valence-corrected chi connectivity index (χ0v) is 14.1. The van der Waals surface area contributed by atoms with Gasteiger partial charge in [-0.3, -0.25) is 4.68 Å². The Morgan fingerprint density at radius 3 is 2.00 bits per heavy atom. The van der Waals surface area contributed by atoms with E-state index in [4.69, 9.17) is 0 Å². The lowest BCUT2D eigenvalue weighted by Gasteiger charge is -2.19. The smallest absolute Gasteiger partial charge is 0.244 e. The molecule has 1 aromatic heterocycles. The first kappa shape index (κ1) is 16.4. The van der Waals surface area contributed by atoms with Gasteiger partial charge in [-0.05, 0) is 18.1 Å². The highest BCUT2D eigenvalue weighted by molar-refractivity contribution is 7.89. The first-order chi connectivity index (χ1) is 11.6. The molecule has 5 nitrogen and oxygen atoms in total. The summed E-state index contributed by atoms with van der Waals surface area (Å²) in [5.74, 6) is 0. The average Bonchev–Trinajstić information content (AvgIpc) is 3.11. The van der Waals surface area contributed by atoms with Crippen LogP contribution in [0.25, 0.3) is 0 Å². The molecule has 3 rings (SSSR count). The first-order valence-electron chi connectivity index (χ1n) is 7.75. The van der Waals surface area contributed by atoms with E-state index in [-0.39, 0.29) is 4.90 Å². The van der Waals surface area contributed by atoms with E-state index in [2.05, 4.69) is 9.82 Å². The van der Waals surface area contributed by atoms with Crippen LogP contribution < -0.4 is 4.72 Å². The number of nitrogens with one attached hydrogen (secondary N) is 1. The van der Waals surface area contributed by atoms with E-state index >= 15 is 0 Å².